The molecule has 7 nitrogen and oxygen atoms in total. The van der Waals surface area contributed by atoms with Crippen molar-refractivity contribution >= 4 is 17.9 Å². The molecule has 0 atom stereocenters. The highest BCUT2D eigenvalue weighted by Gasteiger charge is 2.09. The largest absolute Gasteiger partial charge is 0.473 e. The molecule has 30 heavy (non-hydrogen) atoms. The van der Waals surface area contributed by atoms with E-state index in [0.717, 1.165) is 17.2 Å². The fraction of sp³-hybridized carbons (Fsp3) is 0.227. The molecule has 0 aliphatic heterocycles. The number of rotatable bonds is 5. The topological polar surface area (TPSA) is 104 Å². The van der Waals surface area contributed by atoms with Crippen molar-refractivity contribution in [1.29, 1.82) is 0 Å². The quantitative estimate of drug-likeness (QED) is 0.544. The molecular weight excluding hydrogens is 389 g/mol. The zero-order valence-electron chi connectivity index (χ0n) is 17.0. The fourth-order valence-electron chi connectivity index (χ4n) is 2.66. The lowest BCUT2D eigenvalue weighted by molar-refractivity contribution is -0.159. The van der Waals surface area contributed by atoms with Gasteiger partial charge in [0, 0.05) is 19.2 Å². The molecule has 158 valence electrons. The summed E-state index contributed by atoms with van der Waals surface area (Å²) < 4.78 is 15.0. The first-order chi connectivity index (χ1) is 14.2. The Bertz CT molecular complexity index is 984. The molecular formula is C22H24FN3O4. The number of aliphatic carboxylic acids is 2. The summed E-state index contributed by atoms with van der Waals surface area (Å²) in [6.45, 7) is 5.10. The number of benzene rings is 2. The van der Waals surface area contributed by atoms with E-state index in [1.165, 1.54) is 23.3 Å². The minimum absolute atomic E-state index is 0.232. The van der Waals surface area contributed by atoms with Crippen molar-refractivity contribution in [2.45, 2.75) is 26.3 Å². The lowest BCUT2D eigenvalue weighted by atomic mass is 10.0. The molecule has 3 aromatic rings. The summed E-state index contributed by atoms with van der Waals surface area (Å²) in [5, 5.41) is 18.1. The summed E-state index contributed by atoms with van der Waals surface area (Å²) in [4.78, 5) is 22.6. The van der Waals surface area contributed by atoms with Crippen LogP contribution in [0.1, 0.15) is 30.9 Å². The molecule has 1 heterocycles. The number of aromatic nitrogens is 2. The van der Waals surface area contributed by atoms with Gasteiger partial charge in [0.05, 0.1) is 11.9 Å². The molecule has 0 bridgehead atoms. The van der Waals surface area contributed by atoms with Gasteiger partial charge in [-0.05, 0) is 41.3 Å². The molecule has 0 saturated carbocycles. The molecule has 0 aliphatic carbocycles. The van der Waals surface area contributed by atoms with E-state index in [0.29, 0.717) is 12.5 Å². The number of imidazole rings is 1. The van der Waals surface area contributed by atoms with Gasteiger partial charge in [-0.1, -0.05) is 38.1 Å². The van der Waals surface area contributed by atoms with Crippen LogP contribution in [0.5, 0.6) is 0 Å². The first-order valence-corrected chi connectivity index (χ1v) is 9.25. The highest BCUT2D eigenvalue weighted by atomic mass is 19.1. The van der Waals surface area contributed by atoms with Gasteiger partial charge in [0.15, 0.2) is 0 Å². The Morgan fingerprint density at radius 2 is 1.60 bits per heavy atom. The normalized spacial score (nSPS) is 10.3. The summed E-state index contributed by atoms with van der Waals surface area (Å²) in [5.41, 5.74) is 4.45. The number of nitrogens with one attached hydrogen (secondary N) is 1. The van der Waals surface area contributed by atoms with Crippen molar-refractivity contribution in [2.24, 2.45) is 7.05 Å². The Hall–Kier alpha value is -3.68. The maximum absolute atomic E-state index is 13.1. The molecule has 8 heteroatoms. The van der Waals surface area contributed by atoms with Crippen molar-refractivity contribution in [3.63, 3.8) is 0 Å². The van der Waals surface area contributed by atoms with Gasteiger partial charge in [-0.2, -0.15) is 0 Å². The van der Waals surface area contributed by atoms with Crippen LogP contribution in [0.25, 0.3) is 11.3 Å². The van der Waals surface area contributed by atoms with Gasteiger partial charge in [0.25, 0.3) is 0 Å². The van der Waals surface area contributed by atoms with Crippen LogP contribution in [0.3, 0.4) is 0 Å². The monoisotopic (exact) mass is 413 g/mol. The van der Waals surface area contributed by atoms with Crippen molar-refractivity contribution in [3.05, 3.63) is 71.7 Å². The van der Waals surface area contributed by atoms with Gasteiger partial charge >= 0.3 is 11.9 Å². The third kappa shape index (κ3) is 6.16. The van der Waals surface area contributed by atoms with Crippen LogP contribution in [0, 0.1) is 5.82 Å². The van der Waals surface area contributed by atoms with Crippen LogP contribution in [-0.4, -0.2) is 31.7 Å². The summed E-state index contributed by atoms with van der Waals surface area (Å²) in [6.07, 6.45) is 1.80. The summed E-state index contributed by atoms with van der Waals surface area (Å²) >= 11 is 0. The van der Waals surface area contributed by atoms with Gasteiger partial charge in [0.1, 0.15) is 5.82 Å². The predicted octanol–water partition coefficient (Wildman–Crippen LogP) is 4.12. The number of carboxylic acids is 2. The Kier molecular flexibility index (Phi) is 7.69. The van der Waals surface area contributed by atoms with Crippen LogP contribution >= 0.6 is 0 Å². The molecule has 0 saturated heterocycles. The van der Waals surface area contributed by atoms with Crippen molar-refractivity contribution in [1.82, 2.24) is 9.55 Å². The van der Waals surface area contributed by atoms with Crippen molar-refractivity contribution in [2.75, 3.05) is 5.32 Å². The van der Waals surface area contributed by atoms with Crippen LogP contribution < -0.4 is 5.32 Å². The first-order valence-electron chi connectivity index (χ1n) is 9.25. The lowest BCUT2D eigenvalue weighted by Gasteiger charge is -2.10. The van der Waals surface area contributed by atoms with Crippen LogP contribution in [0.4, 0.5) is 10.3 Å². The number of halogens is 1. The molecule has 0 fully saturated rings. The van der Waals surface area contributed by atoms with Gasteiger partial charge in [-0.15, -0.1) is 0 Å². The molecule has 0 unspecified atom stereocenters. The van der Waals surface area contributed by atoms with E-state index in [2.05, 4.69) is 48.4 Å². The molecule has 3 N–H and O–H groups in total. The number of hydrogen-bond acceptors (Lipinski definition) is 4. The highest BCUT2D eigenvalue weighted by molar-refractivity contribution is 6.27. The summed E-state index contributed by atoms with van der Waals surface area (Å²) in [6, 6.07) is 15.1. The molecule has 3 rings (SSSR count). The SMILES string of the molecule is CC(C)c1ccc(CNc2ncc(-c3ccc(F)cc3)n2C)cc1.O=C(O)C(=O)O. The van der Waals surface area contributed by atoms with Crippen LogP contribution in [0.2, 0.25) is 0 Å². The van der Waals surface area contributed by atoms with E-state index >= 15 is 0 Å². The molecule has 0 aliphatic rings. The number of nitrogens with zero attached hydrogens (tertiary/aromatic N) is 2. The number of carboxylic acid groups (broad SMARTS) is 2. The molecule has 0 spiro atoms. The zero-order chi connectivity index (χ0) is 22.3. The molecule has 0 amide bonds. The van der Waals surface area contributed by atoms with E-state index in [-0.39, 0.29) is 5.82 Å². The first kappa shape index (κ1) is 22.6. The zero-order valence-corrected chi connectivity index (χ0v) is 17.0. The average molecular weight is 413 g/mol. The number of hydrogen-bond donors (Lipinski definition) is 3. The predicted molar refractivity (Wildman–Crippen MR) is 112 cm³/mol. The lowest BCUT2D eigenvalue weighted by Crippen LogP contribution is -2.09. The minimum atomic E-state index is -1.82. The van der Waals surface area contributed by atoms with E-state index in [9.17, 15) is 4.39 Å². The Morgan fingerprint density at radius 3 is 2.10 bits per heavy atom. The minimum Gasteiger partial charge on any atom is -0.473 e. The Morgan fingerprint density at radius 1 is 1.03 bits per heavy atom. The second-order valence-corrected chi connectivity index (χ2v) is 6.89. The summed E-state index contributed by atoms with van der Waals surface area (Å²) in [5.74, 6) is -2.55. The van der Waals surface area contributed by atoms with Gasteiger partial charge in [-0.25, -0.2) is 19.0 Å². The maximum atomic E-state index is 13.1. The third-order valence-electron chi connectivity index (χ3n) is 4.41. The second-order valence-electron chi connectivity index (χ2n) is 6.89. The standard InChI is InChI=1S/C20H22FN3.C2H2O4/c1-14(2)16-6-4-15(5-7-16)12-22-20-23-13-19(24(20)3)17-8-10-18(21)11-9-17;3-1(4)2(5)6/h4-11,13-14H,12H2,1-3H3,(H,22,23);(H,3,4)(H,5,6). The van der Waals surface area contributed by atoms with Crippen LogP contribution in [-0.2, 0) is 23.2 Å². The van der Waals surface area contributed by atoms with Gasteiger partial charge in [0.2, 0.25) is 5.95 Å². The Labute approximate surface area is 173 Å². The van der Waals surface area contributed by atoms with E-state index in [1.807, 2.05) is 11.6 Å². The fourth-order valence-corrected chi connectivity index (χ4v) is 2.66. The third-order valence-corrected chi connectivity index (χ3v) is 4.41. The summed E-state index contributed by atoms with van der Waals surface area (Å²) in [7, 11) is 1.95. The van der Waals surface area contributed by atoms with E-state index in [1.54, 1.807) is 18.3 Å². The second kappa shape index (κ2) is 10.2. The van der Waals surface area contributed by atoms with Gasteiger partial charge in [-0.3, -0.25) is 0 Å². The highest BCUT2D eigenvalue weighted by Crippen LogP contribution is 2.22. The van der Waals surface area contributed by atoms with Crippen molar-refractivity contribution in [3.8, 4) is 11.3 Å². The molecule has 2 aromatic carbocycles. The molecule has 1 aromatic heterocycles. The maximum Gasteiger partial charge on any atom is 0.414 e. The number of carbonyl (C=O) groups is 2. The van der Waals surface area contributed by atoms with Gasteiger partial charge < -0.3 is 20.1 Å². The van der Waals surface area contributed by atoms with Crippen LogP contribution in [0.15, 0.2) is 54.7 Å². The van der Waals surface area contributed by atoms with E-state index in [4.69, 9.17) is 19.8 Å². The number of anilines is 1. The van der Waals surface area contributed by atoms with Crippen molar-refractivity contribution < 1.29 is 24.2 Å². The van der Waals surface area contributed by atoms with E-state index < -0.39 is 11.9 Å². The molecule has 0 radical (unpaired) electrons. The average Bonchev–Trinajstić information content (AvgIpc) is 3.08. The Balaban J connectivity index is 0.000000469. The smallest absolute Gasteiger partial charge is 0.414 e.